The molecule has 0 amide bonds. The molecule has 1 aliphatic rings. The molecule has 0 fully saturated rings. The van der Waals surface area contributed by atoms with Gasteiger partial charge in [0.2, 0.25) is 5.95 Å². The summed E-state index contributed by atoms with van der Waals surface area (Å²) < 4.78 is 57.3. The first-order valence-corrected chi connectivity index (χ1v) is 14.2. The molecule has 0 bridgehead atoms. The third kappa shape index (κ3) is 6.90. The van der Waals surface area contributed by atoms with Crippen molar-refractivity contribution in [3.05, 3.63) is 106 Å². The maximum absolute atomic E-state index is 13.8. The SMILES string of the molecule is C=C1OC(COP(=O)(COCCn2cnc3c(=O)[nH]c(N)nc32)OCc2cccc(F)c2)=C(c2ccc(C)cc2)O1. The lowest BCUT2D eigenvalue weighted by molar-refractivity contribution is 0.114. The fraction of sp³-hybridized carbons (Fsp3) is 0.222. The molecule has 4 aromatic rings. The van der Waals surface area contributed by atoms with Crippen molar-refractivity contribution in [3.8, 4) is 0 Å². The highest BCUT2D eigenvalue weighted by atomic mass is 31.2. The number of halogens is 1. The van der Waals surface area contributed by atoms with E-state index in [4.69, 9.17) is 29.0 Å². The summed E-state index contributed by atoms with van der Waals surface area (Å²) in [6, 6.07) is 13.2. The predicted molar refractivity (Wildman–Crippen MR) is 148 cm³/mol. The van der Waals surface area contributed by atoms with Gasteiger partial charge in [0, 0.05) is 12.1 Å². The predicted octanol–water partition coefficient (Wildman–Crippen LogP) is 4.44. The molecule has 41 heavy (non-hydrogen) atoms. The molecule has 1 unspecified atom stereocenters. The lowest BCUT2D eigenvalue weighted by Crippen LogP contribution is -2.13. The second-order valence-electron chi connectivity index (χ2n) is 9.08. The Hall–Kier alpha value is -4.29. The molecule has 14 heteroatoms. The zero-order chi connectivity index (χ0) is 29.0. The standard InChI is InChI=1S/C27H27FN5O7P/c1-17-6-8-20(9-7-17)24-22(39-18(2)40-24)14-38-41(35,37-13-19-4-3-5-21(28)12-19)16-36-11-10-33-15-30-23-25(33)31-27(29)32-26(23)34/h3-9,12,15H,2,10-11,13-14,16H2,1H3,(H3,29,31,32,34). The Morgan fingerprint density at radius 1 is 1.15 bits per heavy atom. The molecule has 0 radical (unpaired) electrons. The minimum Gasteiger partial charge on any atom is -0.424 e. The van der Waals surface area contributed by atoms with Crippen molar-refractivity contribution < 1.29 is 32.2 Å². The Morgan fingerprint density at radius 3 is 2.71 bits per heavy atom. The highest BCUT2D eigenvalue weighted by Crippen LogP contribution is 2.50. The molecule has 2 aromatic heterocycles. The normalized spacial score (nSPS) is 14.7. The van der Waals surface area contributed by atoms with Crippen LogP contribution in [0.5, 0.6) is 0 Å². The largest absolute Gasteiger partial charge is 0.424 e. The van der Waals surface area contributed by atoms with Crippen molar-refractivity contribution in [2.45, 2.75) is 20.1 Å². The quantitative estimate of drug-likeness (QED) is 0.181. The van der Waals surface area contributed by atoms with E-state index in [9.17, 15) is 13.8 Å². The van der Waals surface area contributed by atoms with Gasteiger partial charge in [0.1, 0.15) is 18.8 Å². The van der Waals surface area contributed by atoms with E-state index in [-0.39, 0.29) is 55.2 Å². The van der Waals surface area contributed by atoms with Gasteiger partial charge in [-0.25, -0.2) is 9.37 Å². The average Bonchev–Trinajstić information content (AvgIpc) is 3.52. The third-order valence-electron chi connectivity index (χ3n) is 5.95. The van der Waals surface area contributed by atoms with Crippen molar-refractivity contribution >= 4 is 30.5 Å². The van der Waals surface area contributed by atoms with Crippen LogP contribution < -0.4 is 11.3 Å². The Bertz CT molecular complexity index is 1720. The van der Waals surface area contributed by atoms with Gasteiger partial charge in [0.25, 0.3) is 11.5 Å². The maximum atomic E-state index is 13.8. The van der Waals surface area contributed by atoms with E-state index in [0.29, 0.717) is 11.3 Å². The van der Waals surface area contributed by atoms with Gasteiger partial charge in [-0.3, -0.25) is 18.9 Å². The molecule has 5 rings (SSSR count). The van der Waals surface area contributed by atoms with Crippen molar-refractivity contribution in [3.63, 3.8) is 0 Å². The first-order chi connectivity index (χ1) is 19.7. The van der Waals surface area contributed by atoms with Gasteiger partial charge >= 0.3 is 7.60 Å². The summed E-state index contributed by atoms with van der Waals surface area (Å²) >= 11 is 0. The van der Waals surface area contributed by atoms with E-state index in [1.165, 1.54) is 24.5 Å². The van der Waals surface area contributed by atoms with Gasteiger partial charge in [0.05, 0.1) is 19.5 Å². The van der Waals surface area contributed by atoms with E-state index in [1.807, 2.05) is 31.2 Å². The Morgan fingerprint density at radius 2 is 1.93 bits per heavy atom. The summed E-state index contributed by atoms with van der Waals surface area (Å²) in [5.74, 6) is 0.177. The number of nitrogens with zero attached hydrogens (tertiary/aromatic N) is 3. The van der Waals surface area contributed by atoms with Gasteiger partial charge in [0.15, 0.2) is 22.7 Å². The zero-order valence-electron chi connectivity index (χ0n) is 22.0. The summed E-state index contributed by atoms with van der Waals surface area (Å²) in [6.45, 7) is 5.46. The van der Waals surface area contributed by atoms with Gasteiger partial charge in [-0.15, -0.1) is 0 Å². The molecule has 12 nitrogen and oxygen atoms in total. The number of benzene rings is 2. The summed E-state index contributed by atoms with van der Waals surface area (Å²) in [5.41, 5.74) is 7.84. The maximum Gasteiger partial charge on any atom is 0.356 e. The van der Waals surface area contributed by atoms with E-state index in [1.54, 1.807) is 10.6 Å². The zero-order valence-corrected chi connectivity index (χ0v) is 22.9. The topological polar surface area (TPSA) is 153 Å². The van der Waals surface area contributed by atoms with Gasteiger partial charge in [-0.2, -0.15) is 4.98 Å². The average molecular weight is 584 g/mol. The van der Waals surface area contributed by atoms with Crippen molar-refractivity contribution in [1.29, 1.82) is 0 Å². The molecule has 214 valence electrons. The molecular weight excluding hydrogens is 556 g/mol. The Labute approximate surface area is 233 Å². The molecule has 0 saturated carbocycles. The van der Waals surface area contributed by atoms with Crippen molar-refractivity contribution in [2.24, 2.45) is 0 Å². The van der Waals surface area contributed by atoms with E-state index < -0.39 is 25.3 Å². The van der Waals surface area contributed by atoms with E-state index >= 15 is 0 Å². The van der Waals surface area contributed by atoms with Crippen LogP contribution in [0.3, 0.4) is 0 Å². The number of aromatic nitrogens is 4. The second kappa shape index (κ2) is 12.1. The van der Waals surface area contributed by atoms with Crippen LogP contribution in [0, 0.1) is 12.7 Å². The lowest BCUT2D eigenvalue weighted by Gasteiger charge is -2.19. The molecule has 3 heterocycles. The van der Waals surface area contributed by atoms with Crippen LogP contribution in [0.2, 0.25) is 0 Å². The number of hydrogen-bond acceptors (Lipinski definition) is 10. The van der Waals surface area contributed by atoms with Crippen molar-refractivity contribution in [2.75, 3.05) is 25.3 Å². The van der Waals surface area contributed by atoms with E-state index in [2.05, 4.69) is 21.5 Å². The number of fused-ring (bicyclic) bond motifs is 1. The van der Waals surface area contributed by atoms with Gasteiger partial charge < -0.3 is 29.0 Å². The summed E-state index contributed by atoms with van der Waals surface area (Å²) in [5, 5.41) is 0. The number of nitrogen functional groups attached to an aromatic ring is 1. The number of nitrogens with one attached hydrogen (secondary N) is 1. The number of hydrogen-bond donors (Lipinski definition) is 2. The molecule has 2 aromatic carbocycles. The Balaban J connectivity index is 1.28. The number of rotatable bonds is 12. The number of nitrogens with two attached hydrogens (primary N) is 1. The van der Waals surface area contributed by atoms with E-state index in [0.717, 1.165) is 11.1 Å². The second-order valence-corrected chi connectivity index (χ2v) is 11.1. The van der Waals surface area contributed by atoms with Crippen molar-refractivity contribution in [1.82, 2.24) is 19.5 Å². The smallest absolute Gasteiger partial charge is 0.356 e. The number of imidazole rings is 1. The molecule has 1 aliphatic heterocycles. The van der Waals surface area contributed by atoms with Crippen LogP contribution in [0.25, 0.3) is 16.9 Å². The molecular formula is C27H27FN5O7P. The molecule has 0 saturated heterocycles. The van der Waals surface area contributed by atoms with Crippen LogP contribution in [-0.2, 0) is 41.0 Å². The molecule has 3 N–H and O–H groups in total. The number of aromatic amines is 1. The van der Waals surface area contributed by atoms with Gasteiger partial charge in [-0.1, -0.05) is 42.0 Å². The third-order valence-corrected chi connectivity index (χ3v) is 7.49. The fourth-order valence-electron chi connectivity index (χ4n) is 3.94. The monoisotopic (exact) mass is 583 g/mol. The summed E-state index contributed by atoms with van der Waals surface area (Å²) in [6.07, 6.45) is 0.996. The molecule has 1 atom stereocenters. The molecule has 0 aliphatic carbocycles. The molecule has 0 spiro atoms. The number of H-pyrrole nitrogens is 1. The number of aryl methyl sites for hydroxylation is 1. The first kappa shape index (κ1) is 28.2. The summed E-state index contributed by atoms with van der Waals surface area (Å²) in [7, 11) is -3.93. The van der Waals surface area contributed by atoms with Crippen LogP contribution in [-0.4, -0.2) is 39.1 Å². The highest BCUT2D eigenvalue weighted by molar-refractivity contribution is 7.53. The van der Waals surface area contributed by atoms with Crippen LogP contribution in [0.1, 0.15) is 16.7 Å². The van der Waals surface area contributed by atoms with Crippen LogP contribution in [0.15, 0.2) is 77.9 Å². The first-order valence-electron chi connectivity index (χ1n) is 12.4. The highest BCUT2D eigenvalue weighted by Gasteiger charge is 2.30. The lowest BCUT2D eigenvalue weighted by atomic mass is 10.1. The van der Waals surface area contributed by atoms with Crippen LogP contribution in [0.4, 0.5) is 10.3 Å². The fourth-order valence-corrected chi connectivity index (χ4v) is 5.17. The minimum atomic E-state index is -3.93. The van der Waals surface area contributed by atoms with Gasteiger partial charge in [-0.05, 0) is 31.2 Å². The Kier molecular flexibility index (Phi) is 8.31. The summed E-state index contributed by atoms with van der Waals surface area (Å²) in [4.78, 5) is 22.5. The number of anilines is 1. The number of ether oxygens (including phenoxy) is 3. The minimum absolute atomic E-state index is 0.0459. The van der Waals surface area contributed by atoms with Crippen LogP contribution >= 0.6 is 7.60 Å².